The van der Waals surface area contributed by atoms with Gasteiger partial charge < -0.3 is 5.32 Å². The van der Waals surface area contributed by atoms with Crippen LogP contribution >= 0.6 is 27.3 Å². The lowest BCUT2D eigenvalue weighted by molar-refractivity contribution is 0.429. The van der Waals surface area contributed by atoms with Crippen LogP contribution in [-0.2, 0) is 0 Å². The predicted octanol–water partition coefficient (Wildman–Crippen LogP) is 5.65. The topological polar surface area (TPSA) is 12.0 Å². The highest BCUT2D eigenvalue weighted by Crippen LogP contribution is 2.52. The van der Waals surface area contributed by atoms with Gasteiger partial charge in [-0.15, -0.1) is 11.3 Å². The van der Waals surface area contributed by atoms with E-state index in [-0.39, 0.29) is 0 Å². The van der Waals surface area contributed by atoms with Crippen molar-refractivity contribution in [2.75, 3.05) is 5.32 Å². The van der Waals surface area contributed by atoms with E-state index >= 15 is 0 Å². The summed E-state index contributed by atoms with van der Waals surface area (Å²) in [5.41, 5.74) is 2.71. The van der Waals surface area contributed by atoms with Crippen LogP contribution in [0, 0.1) is 12.8 Å². The molecule has 1 aliphatic heterocycles. The fraction of sp³-hybridized carbons (Fsp3) is 0.294. The maximum Gasteiger partial charge on any atom is 0.0647 e. The van der Waals surface area contributed by atoms with Gasteiger partial charge in [0.05, 0.1) is 11.7 Å². The fourth-order valence-electron chi connectivity index (χ4n) is 3.49. The van der Waals surface area contributed by atoms with Gasteiger partial charge in [0.2, 0.25) is 0 Å². The summed E-state index contributed by atoms with van der Waals surface area (Å²) in [7, 11) is 0. The maximum absolute atomic E-state index is 3.79. The van der Waals surface area contributed by atoms with Crippen LogP contribution in [0.2, 0.25) is 0 Å². The molecular weight excluding hydrogens is 330 g/mol. The molecule has 1 nitrogen and oxygen atoms in total. The van der Waals surface area contributed by atoms with Gasteiger partial charge in [-0.2, -0.15) is 0 Å². The van der Waals surface area contributed by atoms with Crippen LogP contribution in [0.15, 0.2) is 47.0 Å². The van der Waals surface area contributed by atoms with Gasteiger partial charge in [0.1, 0.15) is 0 Å². The van der Waals surface area contributed by atoms with E-state index in [1.54, 1.807) is 0 Å². The zero-order valence-corrected chi connectivity index (χ0v) is 13.7. The van der Waals surface area contributed by atoms with E-state index in [1.165, 1.54) is 31.9 Å². The van der Waals surface area contributed by atoms with E-state index in [1.807, 2.05) is 11.3 Å². The molecule has 0 radical (unpaired) electrons. The van der Waals surface area contributed by atoms with E-state index in [0.29, 0.717) is 17.9 Å². The number of fused-ring (bicyclic) bond motifs is 3. The van der Waals surface area contributed by atoms with Crippen LogP contribution in [0.5, 0.6) is 0 Å². The second kappa shape index (κ2) is 4.74. The van der Waals surface area contributed by atoms with Crippen LogP contribution in [0.4, 0.5) is 5.69 Å². The molecule has 3 heteroatoms. The van der Waals surface area contributed by atoms with Crippen molar-refractivity contribution >= 4 is 33.0 Å². The summed E-state index contributed by atoms with van der Waals surface area (Å²) in [5.74, 6) is 1.20. The highest BCUT2D eigenvalue weighted by atomic mass is 79.9. The Kier molecular flexibility index (Phi) is 3.00. The molecule has 20 heavy (non-hydrogen) atoms. The van der Waals surface area contributed by atoms with E-state index < -0.39 is 0 Å². The summed E-state index contributed by atoms with van der Waals surface area (Å²) in [6, 6.07) is 11.5. The van der Waals surface area contributed by atoms with Gasteiger partial charge >= 0.3 is 0 Å². The number of halogens is 1. The van der Waals surface area contributed by atoms with Gasteiger partial charge in [0, 0.05) is 20.1 Å². The second-order valence-electron chi connectivity index (χ2n) is 5.63. The highest BCUT2D eigenvalue weighted by Gasteiger charge is 2.38. The first-order valence-corrected chi connectivity index (χ1v) is 8.63. The minimum Gasteiger partial charge on any atom is -0.376 e. The van der Waals surface area contributed by atoms with Gasteiger partial charge in [0.25, 0.3) is 0 Å². The van der Waals surface area contributed by atoms with Gasteiger partial charge in [-0.25, -0.2) is 0 Å². The molecular formula is C17H16BrNS. The zero-order valence-electron chi connectivity index (χ0n) is 11.3. The van der Waals surface area contributed by atoms with Gasteiger partial charge in [-0.3, -0.25) is 0 Å². The third kappa shape index (κ3) is 1.87. The molecule has 2 aliphatic rings. The highest BCUT2D eigenvalue weighted by molar-refractivity contribution is 9.10. The summed E-state index contributed by atoms with van der Waals surface area (Å²) < 4.78 is 1.17. The molecule has 2 aromatic rings. The first kappa shape index (κ1) is 12.7. The first-order valence-electron chi connectivity index (χ1n) is 7.02. The molecule has 4 rings (SSSR count). The Morgan fingerprint density at radius 1 is 1.25 bits per heavy atom. The quantitative estimate of drug-likeness (QED) is 0.659. The number of hydrogen-bond donors (Lipinski definition) is 1. The summed E-state index contributed by atoms with van der Waals surface area (Å²) in [4.78, 5) is 2.85. The lowest BCUT2D eigenvalue weighted by atomic mass is 9.79. The molecule has 1 aromatic heterocycles. The number of hydrogen-bond acceptors (Lipinski definition) is 2. The lowest BCUT2D eigenvalue weighted by Crippen LogP contribution is -2.28. The Bertz CT molecular complexity index is 688. The average molecular weight is 346 g/mol. The normalized spacial score (nSPS) is 27.0. The molecule has 0 fully saturated rings. The number of nitrogens with one attached hydrogen (secondary N) is 1. The van der Waals surface area contributed by atoms with Crippen molar-refractivity contribution in [3.8, 4) is 0 Å². The average Bonchev–Trinajstić information content (AvgIpc) is 3.07. The Hall–Kier alpha value is -1.06. The van der Waals surface area contributed by atoms with Crippen molar-refractivity contribution in [2.24, 2.45) is 5.92 Å². The number of aryl methyl sites for hydroxylation is 1. The van der Waals surface area contributed by atoms with Gasteiger partial charge in [0.15, 0.2) is 0 Å². The number of allylic oxidation sites excluding steroid dienone is 2. The summed E-state index contributed by atoms with van der Waals surface area (Å²) in [5, 5.41) is 3.79. The summed E-state index contributed by atoms with van der Waals surface area (Å²) >= 11 is 5.62. The standard InChI is InChI=1S/C17H16BrNS/c1-10-8-9-15(20-10)17-13-5-2-4-11(13)12-6-3-7-14(18)16(12)19-17/h2-4,6-9,11,13,17,19H,5H2,1H3. The van der Waals surface area contributed by atoms with E-state index in [2.05, 4.69) is 70.7 Å². The van der Waals surface area contributed by atoms with Gasteiger partial charge in [-0.05, 0) is 59.0 Å². The minimum absolute atomic E-state index is 0.430. The van der Waals surface area contributed by atoms with Crippen LogP contribution in [0.3, 0.4) is 0 Å². The third-order valence-electron chi connectivity index (χ3n) is 4.41. The number of anilines is 1. The van der Waals surface area contributed by atoms with E-state index in [4.69, 9.17) is 0 Å². The smallest absolute Gasteiger partial charge is 0.0647 e. The zero-order chi connectivity index (χ0) is 13.7. The van der Waals surface area contributed by atoms with E-state index in [9.17, 15) is 0 Å². The molecule has 1 aromatic carbocycles. The first-order chi connectivity index (χ1) is 9.74. The predicted molar refractivity (Wildman–Crippen MR) is 89.5 cm³/mol. The monoisotopic (exact) mass is 345 g/mol. The Labute approximate surface area is 131 Å². The van der Waals surface area contributed by atoms with Crippen molar-refractivity contribution in [1.82, 2.24) is 0 Å². The van der Waals surface area contributed by atoms with Crippen LogP contribution < -0.4 is 5.32 Å². The van der Waals surface area contributed by atoms with Crippen molar-refractivity contribution in [2.45, 2.75) is 25.3 Å². The second-order valence-corrected chi connectivity index (χ2v) is 7.80. The molecule has 1 aliphatic carbocycles. The van der Waals surface area contributed by atoms with Crippen molar-refractivity contribution in [3.63, 3.8) is 0 Å². The SMILES string of the molecule is Cc1ccc(C2Nc3c(Br)cccc3C3C=CCC32)s1. The van der Waals surface area contributed by atoms with Gasteiger partial charge in [-0.1, -0.05) is 24.3 Å². The number of thiophene rings is 1. The molecule has 1 N–H and O–H groups in total. The molecule has 0 spiro atoms. The molecule has 3 unspecified atom stereocenters. The summed E-state index contributed by atoms with van der Waals surface area (Å²) in [6.45, 7) is 2.19. The minimum atomic E-state index is 0.430. The van der Waals surface area contributed by atoms with Crippen molar-refractivity contribution < 1.29 is 0 Å². The maximum atomic E-state index is 3.79. The number of benzene rings is 1. The fourth-order valence-corrected chi connectivity index (χ4v) is 4.99. The third-order valence-corrected chi connectivity index (χ3v) is 6.16. The molecule has 0 bridgehead atoms. The molecule has 0 amide bonds. The van der Waals surface area contributed by atoms with Crippen molar-refractivity contribution in [1.29, 1.82) is 0 Å². The summed E-state index contributed by atoms with van der Waals surface area (Å²) in [6.07, 6.45) is 5.91. The molecule has 3 atom stereocenters. The lowest BCUT2D eigenvalue weighted by Gasteiger charge is -2.37. The Balaban J connectivity index is 1.83. The molecule has 0 saturated carbocycles. The van der Waals surface area contributed by atoms with Crippen LogP contribution in [-0.4, -0.2) is 0 Å². The number of rotatable bonds is 1. The molecule has 2 heterocycles. The Morgan fingerprint density at radius 2 is 2.15 bits per heavy atom. The molecule has 0 saturated heterocycles. The number of para-hydroxylation sites is 1. The molecule has 102 valence electrons. The Morgan fingerprint density at radius 3 is 2.95 bits per heavy atom. The van der Waals surface area contributed by atoms with Crippen LogP contribution in [0.1, 0.15) is 33.7 Å². The van der Waals surface area contributed by atoms with E-state index in [0.717, 1.165) is 0 Å². The van der Waals surface area contributed by atoms with Crippen LogP contribution in [0.25, 0.3) is 0 Å². The van der Waals surface area contributed by atoms with Crippen molar-refractivity contribution in [3.05, 3.63) is 62.3 Å². The largest absolute Gasteiger partial charge is 0.376 e.